The van der Waals surface area contributed by atoms with Crippen LogP contribution in [0.1, 0.15) is 20.8 Å². The van der Waals surface area contributed by atoms with Crippen LogP contribution in [0, 0.1) is 12.7 Å². The van der Waals surface area contributed by atoms with Crippen LogP contribution in [0.3, 0.4) is 0 Å². The van der Waals surface area contributed by atoms with E-state index in [-0.39, 0.29) is 22.7 Å². The van der Waals surface area contributed by atoms with Gasteiger partial charge in [0.25, 0.3) is 5.91 Å². The van der Waals surface area contributed by atoms with Gasteiger partial charge in [-0.3, -0.25) is 4.79 Å². The van der Waals surface area contributed by atoms with Crippen LogP contribution in [0.2, 0.25) is 0 Å². The van der Waals surface area contributed by atoms with Crippen molar-refractivity contribution in [3.05, 3.63) is 81.8 Å². The van der Waals surface area contributed by atoms with E-state index in [4.69, 9.17) is 0 Å². The van der Waals surface area contributed by atoms with Gasteiger partial charge in [0.2, 0.25) is 10.0 Å². The van der Waals surface area contributed by atoms with Crippen LogP contribution in [0.15, 0.2) is 64.9 Å². The third kappa shape index (κ3) is 4.79. The van der Waals surface area contributed by atoms with Gasteiger partial charge in [0, 0.05) is 17.0 Å². The lowest BCUT2D eigenvalue weighted by atomic mass is 10.2. The number of sulfonamides is 1. The van der Waals surface area contributed by atoms with Crippen LogP contribution in [-0.2, 0) is 16.6 Å². The molecule has 1 heterocycles. The summed E-state index contributed by atoms with van der Waals surface area (Å²) in [5.74, 6) is -1.15. The number of anilines is 1. The van der Waals surface area contributed by atoms with Crippen molar-refractivity contribution in [3.63, 3.8) is 0 Å². The fraction of sp³-hybridized carbons (Fsp3) is 0.105. The third-order valence-electron chi connectivity index (χ3n) is 3.79. The van der Waals surface area contributed by atoms with E-state index in [1.54, 1.807) is 13.0 Å². The fourth-order valence-electron chi connectivity index (χ4n) is 2.40. The second kappa shape index (κ2) is 7.99. The maximum absolute atomic E-state index is 13.8. The van der Waals surface area contributed by atoms with Crippen molar-refractivity contribution in [3.8, 4) is 0 Å². The van der Waals surface area contributed by atoms with Crippen LogP contribution < -0.4 is 10.0 Å². The van der Waals surface area contributed by atoms with Gasteiger partial charge >= 0.3 is 0 Å². The fourth-order valence-corrected chi connectivity index (χ4v) is 4.18. The Morgan fingerprint density at radius 3 is 2.67 bits per heavy atom. The number of amides is 1. The van der Waals surface area contributed by atoms with Crippen LogP contribution in [-0.4, -0.2) is 14.3 Å². The molecule has 1 amide bonds. The van der Waals surface area contributed by atoms with Crippen LogP contribution in [0.4, 0.5) is 10.1 Å². The first-order chi connectivity index (χ1) is 12.8. The molecular formula is C19H17FN2O3S2. The monoisotopic (exact) mass is 404 g/mol. The molecule has 0 aliphatic heterocycles. The SMILES string of the molecule is Cc1ccc(F)c(NC(=O)c2cccc(S(=O)(=O)NCc3cccs3)c2)c1. The molecule has 0 fully saturated rings. The van der Waals surface area contributed by atoms with E-state index in [0.717, 1.165) is 10.4 Å². The Morgan fingerprint density at radius 2 is 1.93 bits per heavy atom. The molecule has 0 aliphatic carbocycles. The summed E-state index contributed by atoms with van der Waals surface area (Å²) in [7, 11) is -3.78. The van der Waals surface area contributed by atoms with Crippen molar-refractivity contribution >= 4 is 33.0 Å². The van der Waals surface area contributed by atoms with E-state index in [1.807, 2.05) is 17.5 Å². The first-order valence-electron chi connectivity index (χ1n) is 8.05. The van der Waals surface area contributed by atoms with Crippen molar-refractivity contribution in [2.75, 3.05) is 5.32 Å². The van der Waals surface area contributed by atoms with Gasteiger partial charge in [0.05, 0.1) is 10.6 Å². The molecule has 0 atom stereocenters. The second-order valence-corrected chi connectivity index (χ2v) is 8.67. The molecule has 0 saturated heterocycles. The zero-order chi connectivity index (χ0) is 19.4. The number of halogens is 1. The molecule has 3 aromatic rings. The summed E-state index contributed by atoms with van der Waals surface area (Å²) in [6.07, 6.45) is 0. The number of nitrogens with one attached hydrogen (secondary N) is 2. The Morgan fingerprint density at radius 1 is 1.11 bits per heavy atom. The van der Waals surface area contributed by atoms with E-state index in [2.05, 4.69) is 10.0 Å². The normalized spacial score (nSPS) is 11.3. The highest BCUT2D eigenvalue weighted by atomic mass is 32.2. The number of aryl methyl sites for hydroxylation is 1. The van der Waals surface area contributed by atoms with E-state index in [1.165, 1.54) is 47.7 Å². The summed E-state index contributed by atoms with van der Waals surface area (Å²) in [5.41, 5.74) is 0.958. The summed E-state index contributed by atoms with van der Waals surface area (Å²) in [5, 5.41) is 4.33. The Balaban J connectivity index is 1.78. The van der Waals surface area contributed by atoms with Crippen molar-refractivity contribution in [2.45, 2.75) is 18.4 Å². The molecular weight excluding hydrogens is 387 g/mol. The lowest BCUT2D eigenvalue weighted by Crippen LogP contribution is -2.23. The molecule has 27 heavy (non-hydrogen) atoms. The highest BCUT2D eigenvalue weighted by Gasteiger charge is 2.17. The summed E-state index contributed by atoms with van der Waals surface area (Å²) in [4.78, 5) is 13.3. The van der Waals surface area contributed by atoms with Crippen LogP contribution in [0.25, 0.3) is 0 Å². The van der Waals surface area contributed by atoms with Gasteiger partial charge in [0.1, 0.15) is 5.82 Å². The van der Waals surface area contributed by atoms with Gasteiger partial charge in [-0.15, -0.1) is 11.3 Å². The van der Waals surface area contributed by atoms with Crippen molar-refractivity contribution < 1.29 is 17.6 Å². The number of carbonyl (C=O) groups is 1. The summed E-state index contributed by atoms with van der Waals surface area (Å²) in [6.45, 7) is 1.95. The van der Waals surface area contributed by atoms with Gasteiger partial charge in [-0.25, -0.2) is 17.5 Å². The molecule has 0 unspecified atom stereocenters. The maximum Gasteiger partial charge on any atom is 0.255 e. The second-order valence-electron chi connectivity index (χ2n) is 5.87. The highest BCUT2D eigenvalue weighted by Crippen LogP contribution is 2.18. The first kappa shape index (κ1) is 19.2. The molecule has 0 aliphatic rings. The summed E-state index contributed by atoms with van der Waals surface area (Å²) < 4.78 is 41.3. The average Bonchev–Trinajstić information content (AvgIpc) is 3.17. The molecule has 0 saturated carbocycles. The Labute approximate surface area is 160 Å². The molecule has 3 rings (SSSR count). The molecule has 0 radical (unpaired) electrons. The molecule has 140 valence electrons. The average molecular weight is 404 g/mol. The molecule has 2 aromatic carbocycles. The Kier molecular flexibility index (Phi) is 5.69. The van der Waals surface area contributed by atoms with Gasteiger partial charge in [-0.05, 0) is 54.3 Å². The van der Waals surface area contributed by atoms with Crippen LogP contribution >= 0.6 is 11.3 Å². The van der Waals surface area contributed by atoms with E-state index < -0.39 is 21.7 Å². The number of rotatable bonds is 6. The number of carbonyl (C=O) groups excluding carboxylic acids is 1. The lowest BCUT2D eigenvalue weighted by molar-refractivity contribution is 0.102. The van der Waals surface area contributed by atoms with Crippen molar-refractivity contribution in [1.82, 2.24) is 4.72 Å². The minimum atomic E-state index is -3.78. The number of benzene rings is 2. The maximum atomic E-state index is 13.8. The van der Waals surface area contributed by atoms with Gasteiger partial charge in [-0.2, -0.15) is 0 Å². The minimum absolute atomic E-state index is 0.0311. The topological polar surface area (TPSA) is 75.3 Å². The highest BCUT2D eigenvalue weighted by molar-refractivity contribution is 7.89. The number of hydrogen-bond acceptors (Lipinski definition) is 4. The first-order valence-corrected chi connectivity index (χ1v) is 10.4. The predicted octanol–water partition coefficient (Wildman–Crippen LogP) is 3.93. The minimum Gasteiger partial charge on any atom is -0.319 e. The molecule has 0 bridgehead atoms. The van der Waals surface area contributed by atoms with E-state index in [0.29, 0.717) is 0 Å². The van der Waals surface area contributed by atoms with Gasteiger partial charge < -0.3 is 5.32 Å². The molecule has 2 N–H and O–H groups in total. The quantitative estimate of drug-likeness (QED) is 0.654. The van der Waals surface area contributed by atoms with E-state index in [9.17, 15) is 17.6 Å². The number of hydrogen-bond donors (Lipinski definition) is 2. The predicted molar refractivity (Wildman–Crippen MR) is 104 cm³/mol. The van der Waals surface area contributed by atoms with Crippen molar-refractivity contribution in [1.29, 1.82) is 0 Å². The zero-order valence-electron chi connectivity index (χ0n) is 14.4. The summed E-state index contributed by atoms with van der Waals surface area (Å²) >= 11 is 1.44. The largest absolute Gasteiger partial charge is 0.319 e. The lowest BCUT2D eigenvalue weighted by Gasteiger charge is -2.10. The van der Waals surface area contributed by atoms with Gasteiger partial charge in [0.15, 0.2) is 0 Å². The van der Waals surface area contributed by atoms with Gasteiger partial charge in [-0.1, -0.05) is 18.2 Å². The molecule has 5 nitrogen and oxygen atoms in total. The number of thiophene rings is 1. The third-order valence-corrected chi connectivity index (χ3v) is 6.07. The van der Waals surface area contributed by atoms with Crippen molar-refractivity contribution in [2.24, 2.45) is 0 Å². The van der Waals surface area contributed by atoms with E-state index >= 15 is 0 Å². The molecule has 0 spiro atoms. The molecule has 8 heteroatoms. The Hall–Kier alpha value is -2.55. The Bertz CT molecular complexity index is 1060. The smallest absolute Gasteiger partial charge is 0.255 e. The zero-order valence-corrected chi connectivity index (χ0v) is 16.0. The standard InChI is InChI=1S/C19H17FN2O3S2/c1-13-7-8-17(20)18(10-13)22-19(23)14-4-2-6-16(11-14)27(24,25)21-12-15-5-3-9-26-15/h2-11,21H,12H2,1H3,(H,22,23). The summed E-state index contributed by atoms with van der Waals surface area (Å²) in [6, 6.07) is 13.6. The van der Waals surface area contributed by atoms with Crippen LogP contribution in [0.5, 0.6) is 0 Å². The molecule has 1 aromatic heterocycles.